The fourth-order valence-electron chi connectivity index (χ4n) is 2.19. The van der Waals surface area contributed by atoms with Crippen LogP contribution in [0, 0.1) is 0 Å². The molecule has 1 heterocycles. The molecule has 2 N–H and O–H groups in total. The van der Waals surface area contributed by atoms with Crippen LogP contribution < -0.4 is 15.4 Å². The van der Waals surface area contributed by atoms with Crippen molar-refractivity contribution in [3.05, 3.63) is 30.3 Å². The number of hydrogen-bond acceptors (Lipinski definition) is 3. The number of carbonyl (C=O) groups excluding carboxylic acids is 1. The Kier molecular flexibility index (Phi) is 8.07. The van der Waals surface area contributed by atoms with Crippen molar-refractivity contribution in [2.75, 3.05) is 19.7 Å². The third-order valence-corrected chi connectivity index (χ3v) is 3.26. The largest absolute Gasteiger partial charge is 0.494 e. The number of piperidine rings is 1. The van der Waals surface area contributed by atoms with E-state index < -0.39 is 0 Å². The Bertz CT molecular complexity index is 381. The smallest absolute Gasteiger partial charge is 0.237 e. The first-order chi connectivity index (χ1) is 9.36. The number of hydrogen-bond donors (Lipinski definition) is 2. The molecule has 0 saturated carbocycles. The number of benzene rings is 1. The van der Waals surface area contributed by atoms with Crippen LogP contribution in [-0.2, 0) is 4.79 Å². The summed E-state index contributed by atoms with van der Waals surface area (Å²) in [5.41, 5.74) is 0. The van der Waals surface area contributed by atoms with Crippen LogP contribution in [-0.4, -0.2) is 31.6 Å². The summed E-state index contributed by atoms with van der Waals surface area (Å²) < 4.78 is 5.57. The van der Waals surface area contributed by atoms with E-state index in [9.17, 15) is 4.79 Å². The minimum atomic E-state index is 0. The fourth-order valence-corrected chi connectivity index (χ4v) is 2.19. The molecule has 1 aliphatic heterocycles. The van der Waals surface area contributed by atoms with Gasteiger partial charge in [-0.2, -0.15) is 0 Å². The summed E-state index contributed by atoms with van der Waals surface area (Å²) in [5, 5.41) is 6.20. The van der Waals surface area contributed by atoms with Gasteiger partial charge in [-0.3, -0.25) is 4.79 Å². The van der Waals surface area contributed by atoms with Gasteiger partial charge >= 0.3 is 0 Å². The van der Waals surface area contributed by atoms with E-state index in [1.807, 2.05) is 30.3 Å². The van der Waals surface area contributed by atoms with Gasteiger partial charge in [0.2, 0.25) is 5.91 Å². The van der Waals surface area contributed by atoms with E-state index in [0.717, 1.165) is 31.6 Å². The van der Waals surface area contributed by atoms with E-state index in [0.29, 0.717) is 13.2 Å². The Balaban J connectivity index is 0.00000200. The molecule has 1 amide bonds. The van der Waals surface area contributed by atoms with Gasteiger partial charge in [0.05, 0.1) is 12.6 Å². The molecule has 1 aliphatic rings. The Morgan fingerprint density at radius 3 is 2.80 bits per heavy atom. The molecule has 0 radical (unpaired) electrons. The molecule has 1 aromatic carbocycles. The Morgan fingerprint density at radius 1 is 1.30 bits per heavy atom. The number of ether oxygens (including phenoxy) is 1. The van der Waals surface area contributed by atoms with E-state index in [-0.39, 0.29) is 24.4 Å². The van der Waals surface area contributed by atoms with Crippen molar-refractivity contribution in [1.29, 1.82) is 0 Å². The number of halogens is 1. The molecular formula is C15H23ClN2O2. The van der Waals surface area contributed by atoms with Crippen LogP contribution in [0.4, 0.5) is 0 Å². The summed E-state index contributed by atoms with van der Waals surface area (Å²) in [7, 11) is 0. The van der Waals surface area contributed by atoms with Gasteiger partial charge < -0.3 is 15.4 Å². The van der Waals surface area contributed by atoms with Crippen molar-refractivity contribution in [1.82, 2.24) is 10.6 Å². The van der Waals surface area contributed by atoms with E-state index in [4.69, 9.17) is 4.74 Å². The van der Waals surface area contributed by atoms with Crippen molar-refractivity contribution in [3.63, 3.8) is 0 Å². The highest BCUT2D eigenvalue weighted by molar-refractivity contribution is 5.85. The van der Waals surface area contributed by atoms with Gasteiger partial charge in [0.25, 0.3) is 0 Å². The molecule has 5 heteroatoms. The lowest BCUT2D eigenvalue weighted by atomic mass is 10.0. The van der Waals surface area contributed by atoms with Crippen LogP contribution in [0.15, 0.2) is 30.3 Å². The molecular weight excluding hydrogens is 276 g/mol. The van der Waals surface area contributed by atoms with Crippen LogP contribution in [0.5, 0.6) is 5.75 Å². The van der Waals surface area contributed by atoms with Crippen molar-refractivity contribution in [3.8, 4) is 5.75 Å². The molecule has 0 spiro atoms. The predicted octanol–water partition coefficient (Wildman–Crippen LogP) is 2.14. The van der Waals surface area contributed by atoms with Gasteiger partial charge in [-0.1, -0.05) is 24.6 Å². The summed E-state index contributed by atoms with van der Waals surface area (Å²) in [6.45, 7) is 2.25. The zero-order valence-electron chi connectivity index (χ0n) is 11.6. The highest BCUT2D eigenvalue weighted by atomic mass is 35.5. The van der Waals surface area contributed by atoms with Crippen molar-refractivity contribution in [2.45, 2.75) is 31.7 Å². The second-order valence-electron chi connectivity index (χ2n) is 4.81. The second-order valence-corrected chi connectivity index (χ2v) is 4.81. The highest BCUT2D eigenvalue weighted by Crippen LogP contribution is 2.08. The Labute approximate surface area is 126 Å². The summed E-state index contributed by atoms with van der Waals surface area (Å²) in [4.78, 5) is 11.8. The zero-order valence-corrected chi connectivity index (χ0v) is 12.5. The van der Waals surface area contributed by atoms with Gasteiger partial charge in [0.15, 0.2) is 0 Å². The topological polar surface area (TPSA) is 50.4 Å². The van der Waals surface area contributed by atoms with Crippen LogP contribution in [0.3, 0.4) is 0 Å². The molecule has 2 rings (SSSR count). The maximum absolute atomic E-state index is 11.8. The lowest BCUT2D eigenvalue weighted by Gasteiger charge is -2.22. The molecule has 0 aromatic heterocycles. The van der Waals surface area contributed by atoms with Gasteiger partial charge in [-0.25, -0.2) is 0 Å². The molecule has 1 saturated heterocycles. The van der Waals surface area contributed by atoms with Gasteiger partial charge in [0.1, 0.15) is 5.75 Å². The SMILES string of the molecule is Cl.O=C(NCCCOc1ccccc1)C1CCCCN1. The summed E-state index contributed by atoms with van der Waals surface area (Å²) >= 11 is 0. The number of nitrogens with one attached hydrogen (secondary N) is 2. The third kappa shape index (κ3) is 5.80. The number of amides is 1. The molecule has 20 heavy (non-hydrogen) atoms. The van der Waals surface area contributed by atoms with Crippen molar-refractivity contribution >= 4 is 18.3 Å². The molecule has 112 valence electrons. The van der Waals surface area contributed by atoms with Crippen LogP contribution in [0.25, 0.3) is 0 Å². The first-order valence-corrected chi connectivity index (χ1v) is 7.05. The molecule has 0 aliphatic carbocycles. The normalized spacial score (nSPS) is 17.9. The Hall–Kier alpha value is -1.26. The maximum Gasteiger partial charge on any atom is 0.237 e. The van der Waals surface area contributed by atoms with Gasteiger partial charge in [-0.05, 0) is 37.9 Å². The number of para-hydroxylation sites is 1. The standard InChI is InChI=1S/C15H22N2O2.ClH/c18-15(14-9-4-5-10-16-14)17-11-6-12-19-13-7-2-1-3-8-13;/h1-3,7-8,14,16H,4-6,9-12H2,(H,17,18);1H. The van der Waals surface area contributed by atoms with E-state index in [1.54, 1.807) is 0 Å². The molecule has 4 nitrogen and oxygen atoms in total. The zero-order chi connectivity index (χ0) is 13.3. The van der Waals surface area contributed by atoms with E-state index >= 15 is 0 Å². The first-order valence-electron chi connectivity index (χ1n) is 7.05. The number of carbonyl (C=O) groups is 1. The van der Waals surface area contributed by atoms with E-state index in [2.05, 4.69) is 10.6 Å². The summed E-state index contributed by atoms with van der Waals surface area (Å²) in [6, 6.07) is 9.74. The number of rotatable bonds is 6. The van der Waals surface area contributed by atoms with Crippen LogP contribution in [0.1, 0.15) is 25.7 Å². The Morgan fingerprint density at radius 2 is 2.10 bits per heavy atom. The van der Waals surface area contributed by atoms with Crippen LogP contribution in [0.2, 0.25) is 0 Å². The molecule has 1 fully saturated rings. The third-order valence-electron chi connectivity index (χ3n) is 3.26. The molecule has 1 atom stereocenters. The minimum absolute atomic E-state index is 0. The van der Waals surface area contributed by atoms with Gasteiger partial charge in [0, 0.05) is 6.54 Å². The monoisotopic (exact) mass is 298 g/mol. The molecule has 1 aromatic rings. The second kappa shape index (κ2) is 9.61. The minimum Gasteiger partial charge on any atom is -0.494 e. The summed E-state index contributed by atoms with van der Waals surface area (Å²) in [6.07, 6.45) is 4.09. The molecule has 0 bridgehead atoms. The first kappa shape index (κ1) is 16.8. The molecule has 1 unspecified atom stereocenters. The van der Waals surface area contributed by atoms with Crippen molar-refractivity contribution in [2.24, 2.45) is 0 Å². The summed E-state index contributed by atoms with van der Waals surface area (Å²) in [5.74, 6) is 1.00. The average molecular weight is 299 g/mol. The van der Waals surface area contributed by atoms with Gasteiger partial charge in [-0.15, -0.1) is 12.4 Å². The average Bonchev–Trinajstić information content (AvgIpc) is 2.49. The lowest BCUT2D eigenvalue weighted by molar-refractivity contribution is -0.123. The fraction of sp³-hybridized carbons (Fsp3) is 0.533. The predicted molar refractivity (Wildman–Crippen MR) is 82.5 cm³/mol. The van der Waals surface area contributed by atoms with E-state index in [1.165, 1.54) is 6.42 Å². The highest BCUT2D eigenvalue weighted by Gasteiger charge is 2.19. The van der Waals surface area contributed by atoms with Crippen molar-refractivity contribution < 1.29 is 9.53 Å². The lowest BCUT2D eigenvalue weighted by Crippen LogP contribution is -2.46. The van der Waals surface area contributed by atoms with Crippen LogP contribution >= 0.6 is 12.4 Å². The quantitative estimate of drug-likeness (QED) is 0.791. The maximum atomic E-state index is 11.8.